The lowest BCUT2D eigenvalue weighted by Gasteiger charge is -2.23. The smallest absolute Gasteiger partial charge is 0.239 e. The number of halogens is 1. The first-order valence-corrected chi connectivity index (χ1v) is 7.61. The molecule has 2 N–H and O–H groups in total. The molecule has 98 valence electrons. The molecular formula is C14H19IN2O. The van der Waals surface area contributed by atoms with Gasteiger partial charge in [-0.15, -0.1) is 0 Å². The molecule has 1 aromatic carbocycles. The summed E-state index contributed by atoms with van der Waals surface area (Å²) in [6.45, 7) is 0.358. The average molecular weight is 358 g/mol. The molecule has 0 heterocycles. The zero-order valence-corrected chi connectivity index (χ0v) is 12.6. The monoisotopic (exact) mass is 358 g/mol. The Labute approximate surface area is 122 Å². The normalized spacial score (nSPS) is 16.3. The molecular weight excluding hydrogens is 339 g/mol. The molecule has 1 aliphatic rings. The van der Waals surface area contributed by atoms with Crippen molar-refractivity contribution in [2.24, 2.45) is 0 Å². The summed E-state index contributed by atoms with van der Waals surface area (Å²) in [6.07, 6.45) is 6.07. The van der Waals surface area contributed by atoms with E-state index < -0.39 is 0 Å². The summed E-state index contributed by atoms with van der Waals surface area (Å²) in [4.78, 5) is 11.8. The largest absolute Gasteiger partial charge is 0.375 e. The summed E-state index contributed by atoms with van der Waals surface area (Å²) >= 11 is 2.27. The van der Waals surface area contributed by atoms with E-state index in [0.29, 0.717) is 12.6 Å². The van der Waals surface area contributed by atoms with Crippen molar-refractivity contribution >= 4 is 34.2 Å². The van der Waals surface area contributed by atoms with Crippen LogP contribution in [0.2, 0.25) is 0 Å². The van der Waals surface area contributed by atoms with Gasteiger partial charge in [0.05, 0.1) is 6.54 Å². The van der Waals surface area contributed by atoms with Crippen molar-refractivity contribution in [1.82, 2.24) is 5.32 Å². The summed E-state index contributed by atoms with van der Waals surface area (Å²) in [6, 6.07) is 8.39. The Hall–Kier alpha value is -0.780. The number of anilines is 1. The van der Waals surface area contributed by atoms with Crippen molar-refractivity contribution in [3.63, 3.8) is 0 Å². The molecule has 0 aliphatic heterocycles. The molecule has 1 fully saturated rings. The van der Waals surface area contributed by atoms with Gasteiger partial charge in [0.2, 0.25) is 5.91 Å². The number of carbonyl (C=O) groups excluding carboxylic acids is 1. The summed E-state index contributed by atoms with van der Waals surface area (Å²) in [5.74, 6) is 0.0987. The van der Waals surface area contributed by atoms with E-state index in [4.69, 9.17) is 0 Å². The van der Waals surface area contributed by atoms with Crippen LogP contribution >= 0.6 is 22.6 Å². The molecule has 4 heteroatoms. The summed E-state index contributed by atoms with van der Waals surface area (Å²) in [5.41, 5.74) is 1.02. The number of rotatable bonds is 4. The molecule has 0 unspecified atom stereocenters. The fourth-order valence-corrected chi connectivity index (χ4v) is 2.88. The Kier molecular flexibility index (Phi) is 5.28. The Bertz CT molecular complexity index is 403. The first kappa shape index (κ1) is 13.6. The van der Waals surface area contributed by atoms with Gasteiger partial charge in [-0.2, -0.15) is 0 Å². The van der Waals surface area contributed by atoms with Gasteiger partial charge in [0.1, 0.15) is 0 Å². The van der Waals surface area contributed by atoms with E-state index in [0.717, 1.165) is 22.1 Å². The highest BCUT2D eigenvalue weighted by atomic mass is 127. The van der Waals surface area contributed by atoms with Crippen molar-refractivity contribution in [3.05, 3.63) is 27.8 Å². The Balaban J connectivity index is 1.76. The van der Waals surface area contributed by atoms with E-state index in [1.165, 1.54) is 19.3 Å². The predicted octanol–water partition coefficient (Wildman–Crippen LogP) is 3.15. The molecule has 0 radical (unpaired) electrons. The minimum absolute atomic E-state index is 0.0987. The summed E-state index contributed by atoms with van der Waals surface area (Å²) < 4.78 is 1.14. The van der Waals surface area contributed by atoms with Crippen LogP contribution in [0.4, 0.5) is 5.69 Å². The van der Waals surface area contributed by atoms with Gasteiger partial charge in [-0.05, 0) is 47.6 Å². The second-order valence-corrected chi connectivity index (χ2v) is 5.90. The average Bonchev–Trinajstić information content (AvgIpc) is 2.39. The van der Waals surface area contributed by atoms with Gasteiger partial charge in [0, 0.05) is 15.3 Å². The maximum absolute atomic E-state index is 11.8. The lowest BCUT2D eigenvalue weighted by Crippen LogP contribution is -2.39. The molecule has 1 aromatic rings. The zero-order chi connectivity index (χ0) is 12.8. The van der Waals surface area contributed by atoms with E-state index in [1.54, 1.807) is 0 Å². The topological polar surface area (TPSA) is 41.1 Å². The van der Waals surface area contributed by atoms with Crippen molar-refractivity contribution in [2.45, 2.75) is 38.1 Å². The first-order valence-electron chi connectivity index (χ1n) is 6.53. The number of benzene rings is 1. The van der Waals surface area contributed by atoms with Gasteiger partial charge in [0.15, 0.2) is 0 Å². The van der Waals surface area contributed by atoms with Gasteiger partial charge in [-0.25, -0.2) is 0 Å². The van der Waals surface area contributed by atoms with Gasteiger partial charge < -0.3 is 10.6 Å². The van der Waals surface area contributed by atoms with Gasteiger partial charge in [0.25, 0.3) is 0 Å². The third-order valence-corrected chi connectivity index (χ3v) is 4.22. The van der Waals surface area contributed by atoms with E-state index in [9.17, 15) is 4.79 Å². The molecule has 1 saturated carbocycles. The minimum Gasteiger partial charge on any atom is -0.375 e. The molecule has 2 rings (SSSR count). The lowest BCUT2D eigenvalue weighted by molar-refractivity contribution is -0.120. The molecule has 0 spiro atoms. The van der Waals surface area contributed by atoms with Crippen LogP contribution in [0.15, 0.2) is 24.3 Å². The van der Waals surface area contributed by atoms with Crippen molar-refractivity contribution in [1.29, 1.82) is 0 Å². The van der Waals surface area contributed by atoms with Crippen LogP contribution in [0.3, 0.4) is 0 Å². The third kappa shape index (κ3) is 4.15. The van der Waals surface area contributed by atoms with Crippen LogP contribution in [0, 0.1) is 3.57 Å². The van der Waals surface area contributed by atoms with Crippen molar-refractivity contribution in [2.75, 3.05) is 11.9 Å². The number of amides is 1. The highest BCUT2D eigenvalue weighted by Crippen LogP contribution is 2.18. The second kappa shape index (κ2) is 6.97. The van der Waals surface area contributed by atoms with Crippen molar-refractivity contribution < 1.29 is 4.79 Å². The third-order valence-electron chi connectivity index (χ3n) is 3.28. The van der Waals surface area contributed by atoms with E-state index in [2.05, 4.69) is 33.2 Å². The molecule has 18 heavy (non-hydrogen) atoms. The molecule has 3 nitrogen and oxygen atoms in total. The molecule has 0 bridgehead atoms. The maximum Gasteiger partial charge on any atom is 0.239 e. The quantitative estimate of drug-likeness (QED) is 0.812. The standard InChI is InChI=1S/C14H19IN2O/c15-12-8-4-5-9-13(12)16-10-14(18)17-11-6-2-1-3-7-11/h4-5,8-9,11,16H,1-3,6-7,10H2,(H,17,18). The number of nitrogens with one attached hydrogen (secondary N) is 2. The lowest BCUT2D eigenvalue weighted by atomic mass is 9.95. The number of hydrogen-bond donors (Lipinski definition) is 2. The SMILES string of the molecule is O=C(CNc1ccccc1I)NC1CCCCC1. The zero-order valence-electron chi connectivity index (χ0n) is 10.4. The number of carbonyl (C=O) groups is 1. The van der Waals surface area contributed by atoms with Crippen LogP contribution in [-0.2, 0) is 4.79 Å². The molecule has 0 saturated heterocycles. The maximum atomic E-state index is 11.8. The van der Waals surface area contributed by atoms with E-state index in [1.807, 2.05) is 24.3 Å². The van der Waals surface area contributed by atoms with Gasteiger partial charge in [-0.1, -0.05) is 31.4 Å². The first-order chi connectivity index (χ1) is 8.75. The summed E-state index contributed by atoms with van der Waals surface area (Å²) in [5, 5.41) is 6.29. The number of hydrogen-bond acceptors (Lipinski definition) is 2. The van der Waals surface area contributed by atoms with Gasteiger partial charge >= 0.3 is 0 Å². The molecule has 0 atom stereocenters. The van der Waals surface area contributed by atoms with Crippen molar-refractivity contribution in [3.8, 4) is 0 Å². The molecule has 0 aromatic heterocycles. The highest BCUT2D eigenvalue weighted by Gasteiger charge is 2.15. The van der Waals surface area contributed by atoms with E-state index in [-0.39, 0.29) is 5.91 Å². The number of para-hydroxylation sites is 1. The van der Waals surface area contributed by atoms with Crippen LogP contribution in [-0.4, -0.2) is 18.5 Å². The fraction of sp³-hybridized carbons (Fsp3) is 0.500. The molecule has 1 aliphatic carbocycles. The Morgan fingerprint density at radius 2 is 1.94 bits per heavy atom. The van der Waals surface area contributed by atoms with Crippen LogP contribution < -0.4 is 10.6 Å². The molecule has 1 amide bonds. The minimum atomic E-state index is 0.0987. The summed E-state index contributed by atoms with van der Waals surface area (Å²) in [7, 11) is 0. The van der Waals surface area contributed by atoms with Crippen LogP contribution in [0.25, 0.3) is 0 Å². The second-order valence-electron chi connectivity index (χ2n) is 4.74. The van der Waals surface area contributed by atoms with Crippen LogP contribution in [0.1, 0.15) is 32.1 Å². The van der Waals surface area contributed by atoms with Gasteiger partial charge in [-0.3, -0.25) is 4.79 Å². The predicted molar refractivity (Wildman–Crippen MR) is 82.7 cm³/mol. The Morgan fingerprint density at radius 1 is 1.22 bits per heavy atom. The highest BCUT2D eigenvalue weighted by molar-refractivity contribution is 14.1. The van der Waals surface area contributed by atoms with E-state index >= 15 is 0 Å². The fourth-order valence-electron chi connectivity index (χ4n) is 2.31. The Morgan fingerprint density at radius 3 is 2.67 bits per heavy atom. The van der Waals surface area contributed by atoms with Crippen LogP contribution in [0.5, 0.6) is 0 Å².